The molecule has 1 saturated carbocycles. The number of primary amides is 1. The second-order valence-electron chi connectivity index (χ2n) is 5.15. The van der Waals surface area contributed by atoms with Gasteiger partial charge in [0.25, 0.3) is 0 Å². The van der Waals surface area contributed by atoms with Gasteiger partial charge in [-0.3, -0.25) is 14.4 Å². The molecule has 2 amide bonds. The Kier molecular flexibility index (Phi) is 7.04. The molecule has 0 unspecified atom stereocenters. The van der Waals surface area contributed by atoms with E-state index in [9.17, 15) is 14.4 Å². The van der Waals surface area contributed by atoms with Crippen LogP contribution in [0.4, 0.5) is 0 Å². The monoisotopic (exact) mass is 284 g/mol. The van der Waals surface area contributed by atoms with Crippen molar-refractivity contribution in [1.82, 2.24) is 5.32 Å². The van der Waals surface area contributed by atoms with Gasteiger partial charge in [-0.25, -0.2) is 0 Å². The van der Waals surface area contributed by atoms with E-state index >= 15 is 0 Å². The number of hydrogen-bond acceptors (Lipinski definition) is 4. The lowest BCUT2D eigenvalue weighted by molar-refractivity contribution is -0.144. The second kappa shape index (κ2) is 8.55. The van der Waals surface area contributed by atoms with Crippen LogP contribution in [0.1, 0.15) is 51.9 Å². The van der Waals surface area contributed by atoms with Crippen molar-refractivity contribution >= 4 is 17.8 Å². The van der Waals surface area contributed by atoms with Gasteiger partial charge < -0.3 is 15.8 Å². The Bertz CT molecular complexity index is 351. The Balaban J connectivity index is 2.42. The van der Waals surface area contributed by atoms with E-state index in [0.29, 0.717) is 6.61 Å². The van der Waals surface area contributed by atoms with Crippen LogP contribution in [0.15, 0.2) is 0 Å². The first-order valence-electron chi connectivity index (χ1n) is 7.29. The van der Waals surface area contributed by atoms with Crippen LogP contribution in [0.25, 0.3) is 0 Å². The van der Waals surface area contributed by atoms with E-state index in [1.165, 1.54) is 6.42 Å². The molecule has 6 heteroatoms. The molecule has 1 rings (SSSR count). The molecule has 0 aliphatic heterocycles. The van der Waals surface area contributed by atoms with Crippen LogP contribution in [-0.2, 0) is 19.1 Å². The third-order valence-electron chi connectivity index (χ3n) is 3.61. The molecule has 0 spiro atoms. The highest BCUT2D eigenvalue weighted by Gasteiger charge is 2.29. The molecule has 0 aromatic rings. The van der Waals surface area contributed by atoms with Crippen molar-refractivity contribution in [2.24, 2.45) is 11.7 Å². The molecular formula is C14H24N2O4. The fraction of sp³-hybridized carbons (Fsp3) is 0.786. The van der Waals surface area contributed by atoms with Crippen LogP contribution >= 0.6 is 0 Å². The van der Waals surface area contributed by atoms with E-state index in [0.717, 1.165) is 25.7 Å². The van der Waals surface area contributed by atoms with Gasteiger partial charge in [-0.1, -0.05) is 19.3 Å². The van der Waals surface area contributed by atoms with Gasteiger partial charge in [0.15, 0.2) is 0 Å². The number of nitrogens with one attached hydrogen (secondary N) is 1. The van der Waals surface area contributed by atoms with E-state index in [2.05, 4.69) is 5.32 Å². The first-order valence-corrected chi connectivity index (χ1v) is 7.29. The number of carbonyl (C=O) groups excluding carboxylic acids is 3. The molecule has 0 radical (unpaired) electrons. The summed E-state index contributed by atoms with van der Waals surface area (Å²) >= 11 is 0. The Hall–Kier alpha value is -1.59. The zero-order chi connectivity index (χ0) is 15.0. The summed E-state index contributed by atoms with van der Waals surface area (Å²) < 4.78 is 4.75. The summed E-state index contributed by atoms with van der Waals surface area (Å²) in [5.41, 5.74) is 5.37. The van der Waals surface area contributed by atoms with Gasteiger partial charge in [0.1, 0.15) is 6.04 Å². The highest BCUT2D eigenvalue weighted by atomic mass is 16.5. The van der Waals surface area contributed by atoms with Crippen molar-refractivity contribution in [3.05, 3.63) is 0 Å². The average molecular weight is 284 g/mol. The fourth-order valence-electron chi connectivity index (χ4n) is 2.58. The number of hydrogen-bond donors (Lipinski definition) is 2. The number of amides is 2. The lowest BCUT2D eigenvalue weighted by atomic mass is 9.83. The predicted octanol–water partition coefficient (Wildman–Crippen LogP) is 0.880. The smallest absolute Gasteiger partial charge is 0.306 e. The van der Waals surface area contributed by atoms with Crippen LogP contribution < -0.4 is 11.1 Å². The van der Waals surface area contributed by atoms with Crippen LogP contribution in [0, 0.1) is 5.92 Å². The lowest BCUT2D eigenvalue weighted by Crippen LogP contribution is -2.49. The summed E-state index contributed by atoms with van der Waals surface area (Å²) in [5, 5.41) is 2.66. The van der Waals surface area contributed by atoms with E-state index < -0.39 is 17.9 Å². The van der Waals surface area contributed by atoms with Crippen molar-refractivity contribution in [3.8, 4) is 0 Å². The lowest BCUT2D eigenvalue weighted by Gasteiger charge is -2.28. The summed E-state index contributed by atoms with van der Waals surface area (Å²) in [4.78, 5) is 34.4. The second-order valence-corrected chi connectivity index (χ2v) is 5.15. The largest absolute Gasteiger partial charge is 0.466 e. The van der Waals surface area contributed by atoms with Crippen LogP contribution in [0.5, 0.6) is 0 Å². The molecule has 0 bridgehead atoms. The van der Waals surface area contributed by atoms with Crippen molar-refractivity contribution in [2.75, 3.05) is 6.61 Å². The van der Waals surface area contributed by atoms with Crippen molar-refractivity contribution in [3.63, 3.8) is 0 Å². The van der Waals surface area contributed by atoms with E-state index in [-0.39, 0.29) is 24.7 Å². The molecule has 0 aromatic carbocycles. The highest BCUT2D eigenvalue weighted by Crippen LogP contribution is 2.26. The minimum absolute atomic E-state index is 0.0231. The van der Waals surface area contributed by atoms with E-state index in [1.807, 2.05) is 0 Å². The highest BCUT2D eigenvalue weighted by molar-refractivity contribution is 5.88. The molecule has 6 nitrogen and oxygen atoms in total. The molecule has 1 fully saturated rings. The Morgan fingerprint density at radius 3 is 2.40 bits per heavy atom. The SMILES string of the molecule is CCOC(=O)CCC(=O)N[C@H](C(N)=O)C1CCCCC1. The Morgan fingerprint density at radius 2 is 1.85 bits per heavy atom. The number of ether oxygens (including phenoxy) is 1. The van der Waals surface area contributed by atoms with Gasteiger partial charge in [0.2, 0.25) is 11.8 Å². The number of nitrogens with two attached hydrogens (primary N) is 1. The minimum atomic E-state index is -0.620. The molecule has 0 aromatic heterocycles. The number of esters is 1. The summed E-state index contributed by atoms with van der Waals surface area (Å²) in [7, 11) is 0. The number of carbonyl (C=O) groups is 3. The van der Waals surface area contributed by atoms with Crippen molar-refractivity contribution in [2.45, 2.75) is 57.9 Å². The summed E-state index contributed by atoms with van der Waals surface area (Å²) in [6.07, 6.45) is 5.15. The average Bonchev–Trinajstić information content (AvgIpc) is 2.43. The van der Waals surface area contributed by atoms with Gasteiger partial charge in [-0.05, 0) is 25.7 Å². The third-order valence-corrected chi connectivity index (χ3v) is 3.61. The molecule has 114 valence electrons. The first kappa shape index (κ1) is 16.5. The quantitative estimate of drug-likeness (QED) is 0.678. The molecule has 3 N–H and O–H groups in total. The molecular weight excluding hydrogens is 260 g/mol. The minimum Gasteiger partial charge on any atom is -0.466 e. The number of rotatable bonds is 7. The summed E-state index contributed by atoms with van der Waals surface area (Å²) in [6, 6.07) is -0.620. The topological polar surface area (TPSA) is 98.5 Å². The summed E-state index contributed by atoms with van der Waals surface area (Å²) in [6.45, 7) is 2.01. The molecule has 1 aliphatic carbocycles. The van der Waals surface area contributed by atoms with Crippen LogP contribution in [0.3, 0.4) is 0 Å². The van der Waals surface area contributed by atoms with Crippen LogP contribution in [0.2, 0.25) is 0 Å². The third kappa shape index (κ3) is 5.59. The van der Waals surface area contributed by atoms with Crippen LogP contribution in [-0.4, -0.2) is 30.4 Å². The normalized spacial score (nSPS) is 17.2. The van der Waals surface area contributed by atoms with Crippen molar-refractivity contribution in [1.29, 1.82) is 0 Å². The standard InChI is InChI=1S/C14H24N2O4/c1-2-20-12(18)9-8-11(17)16-13(14(15)19)10-6-4-3-5-7-10/h10,13H,2-9H2,1H3,(H2,15,19)(H,16,17)/t13-/m0/s1. The summed E-state index contributed by atoms with van der Waals surface area (Å²) in [5.74, 6) is -1.11. The van der Waals surface area contributed by atoms with Gasteiger partial charge in [-0.2, -0.15) is 0 Å². The maximum atomic E-state index is 11.8. The maximum absolute atomic E-state index is 11.8. The van der Waals surface area contributed by atoms with Gasteiger partial charge >= 0.3 is 5.97 Å². The Morgan fingerprint density at radius 1 is 1.20 bits per heavy atom. The molecule has 0 saturated heterocycles. The molecule has 1 atom stereocenters. The predicted molar refractivity (Wildman–Crippen MR) is 73.6 cm³/mol. The van der Waals surface area contributed by atoms with Gasteiger partial charge in [0.05, 0.1) is 13.0 Å². The van der Waals surface area contributed by atoms with Crippen molar-refractivity contribution < 1.29 is 19.1 Å². The first-order chi connectivity index (χ1) is 9.54. The van der Waals surface area contributed by atoms with E-state index in [1.54, 1.807) is 6.92 Å². The van der Waals surface area contributed by atoms with Gasteiger partial charge in [0, 0.05) is 6.42 Å². The maximum Gasteiger partial charge on any atom is 0.306 e. The zero-order valence-corrected chi connectivity index (χ0v) is 12.0. The molecule has 1 aliphatic rings. The molecule has 0 heterocycles. The zero-order valence-electron chi connectivity index (χ0n) is 12.0. The molecule has 20 heavy (non-hydrogen) atoms. The fourth-order valence-corrected chi connectivity index (χ4v) is 2.58. The Labute approximate surface area is 119 Å². The van der Waals surface area contributed by atoms with E-state index in [4.69, 9.17) is 10.5 Å². The van der Waals surface area contributed by atoms with Gasteiger partial charge in [-0.15, -0.1) is 0 Å².